The van der Waals surface area contributed by atoms with Gasteiger partial charge in [0.05, 0.1) is 17.8 Å². The molecular weight excluding hydrogens is 330 g/mol. The fraction of sp³-hybridized carbons (Fsp3) is 0.143. The molecule has 3 aromatic rings. The first kappa shape index (κ1) is 16.1. The lowest BCUT2D eigenvalue weighted by molar-refractivity contribution is -0.125. The second-order valence-electron chi connectivity index (χ2n) is 6.31. The summed E-state index contributed by atoms with van der Waals surface area (Å²) in [6.45, 7) is 2.05. The fourth-order valence-corrected chi connectivity index (χ4v) is 3.30. The minimum Gasteiger partial charge on any atom is -0.479 e. The number of carboxylic acids is 1. The van der Waals surface area contributed by atoms with E-state index in [1.807, 2.05) is 42.5 Å². The number of ether oxygens (including phenoxy) is 1. The van der Waals surface area contributed by atoms with Crippen LogP contribution in [0.2, 0.25) is 0 Å². The van der Waals surface area contributed by atoms with Crippen LogP contribution in [0.15, 0.2) is 60.7 Å². The molecule has 1 atom stereocenters. The lowest BCUT2D eigenvalue weighted by Gasteiger charge is -2.33. The molecule has 0 saturated carbocycles. The van der Waals surface area contributed by atoms with Crippen LogP contribution in [0, 0.1) is 0 Å². The number of hydrogen-bond donors (Lipinski definition) is 1. The topological polar surface area (TPSA) is 66.8 Å². The predicted molar refractivity (Wildman–Crippen MR) is 98.6 cm³/mol. The molecule has 0 spiro atoms. The van der Waals surface area contributed by atoms with E-state index in [0.717, 1.165) is 16.3 Å². The molecule has 4 rings (SSSR count). The molecule has 26 heavy (non-hydrogen) atoms. The lowest BCUT2D eigenvalue weighted by atomic mass is 10.0. The van der Waals surface area contributed by atoms with Crippen LogP contribution in [0.4, 0.5) is 5.69 Å². The molecule has 0 fully saturated rings. The number of benzene rings is 3. The van der Waals surface area contributed by atoms with Gasteiger partial charge in [-0.2, -0.15) is 0 Å². The first-order valence-corrected chi connectivity index (χ1v) is 8.36. The molecule has 5 heteroatoms. The van der Waals surface area contributed by atoms with Crippen LogP contribution in [0.3, 0.4) is 0 Å². The Bertz CT molecular complexity index is 1020. The molecular formula is C21H17NO4. The van der Waals surface area contributed by atoms with Gasteiger partial charge in [0.1, 0.15) is 5.75 Å². The highest BCUT2D eigenvalue weighted by Gasteiger charge is 2.32. The maximum Gasteiger partial charge on any atom is 0.335 e. The van der Waals surface area contributed by atoms with Crippen molar-refractivity contribution >= 4 is 28.3 Å². The van der Waals surface area contributed by atoms with Crippen LogP contribution in [0.1, 0.15) is 22.8 Å². The molecule has 1 amide bonds. The number of carbonyl (C=O) groups excluding carboxylic acids is 1. The SMILES string of the molecule is CC1Oc2ccc(C(=O)O)cc2N(Cc2cccc3ccccc23)C1=O. The van der Waals surface area contributed by atoms with Crippen molar-refractivity contribution in [2.75, 3.05) is 4.90 Å². The van der Waals surface area contributed by atoms with Gasteiger partial charge in [-0.3, -0.25) is 4.79 Å². The molecule has 130 valence electrons. The van der Waals surface area contributed by atoms with E-state index >= 15 is 0 Å². The van der Waals surface area contributed by atoms with Gasteiger partial charge < -0.3 is 14.7 Å². The Morgan fingerprint density at radius 2 is 1.88 bits per heavy atom. The smallest absolute Gasteiger partial charge is 0.335 e. The second kappa shape index (κ2) is 6.19. The molecule has 5 nitrogen and oxygen atoms in total. The van der Waals surface area contributed by atoms with Crippen molar-refractivity contribution in [1.29, 1.82) is 0 Å². The molecule has 3 aromatic carbocycles. The third-order valence-corrected chi connectivity index (χ3v) is 4.62. The summed E-state index contributed by atoms with van der Waals surface area (Å²) < 4.78 is 5.65. The minimum absolute atomic E-state index is 0.123. The van der Waals surface area contributed by atoms with Gasteiger partial charge in [0.2, 0.25) is 0 Å². The molecule has 1 aliphatic rings. The number of carboxylic acid groups (broad SMARTS) is 1. The number of fused-ring (bicyclic) bond motifs is 2. The Kier molecular flexibility index (Phi) is 3.84. The highest BCUT2D eigenvalue weighted by molar-refractivity contribution is 6.02. The average molecular weight is 347 g/mol. The molecule has 0 aromatic heterocycles. The highest BCUT2D eigenvalue weighted by Crippen LogP contribution is 2.36. The van der Waals surface area contributed by atoms with Gasteiger partial charge >= 0.3 is 5.97 Å². The Morgan fingerprint density at radius 1 is 1.12 bits per heavy atom. The maximum absolute atomic E-state index is 12.8. The van der Waals surface area contributed by atoms with Gasteiger partial charge in [-0.25, -0.2) is 4.79 Å². The summed E-state index contributed by atoms with van der Waals surface area (Å²) in [5.74, 6) is -0.709. The van der Waals surface area contributed by atoms with Gasteiger partial charge in [0.15, 0.2) is 6.10 Å². The van der Waals surface area contributed by atoms with Crippen molar-refractivity contribution in [3.63, 3.8) is 0 Å². The Hall–Kier alpha value is -3.34. The number of aromatic carboxylic acids is 1. The quantitative estimate of drug-likeness (QED) is 0.781. The third-order valence-electron chi connectivity index (χ3n) is 4.62. The van der Waals surface area contributed by atoms with Crippen LogP contribution < -0.4 is 9.64 Å². The number of carbonyl (C=O) groups is 2. The average Bonchev–Trinajstić information content (AvgIpc) is 2.65. The van der Waals surface area contributed by atoms with E-state index in [0.29, 0.717) is 18.0 Å². The highest BCUT2D eigenvalue weighted by atomic mass is 16.5. The van der Waals surface area contributed by atoms with Crippen LogP contribution in [-0.2, 0) is 11.3 Å². The molecule has 0 radical (unpaired) electrons. The zero-order valence-electron chi connectivity index (χ0n) is 14.2. The number of amides is 1. The first-order valence-electron chi connectivity index (χ1n) is 8.36. The summed E-state index contributed by atoms with van der Waals surface area (Å²) in [6.07, 6.45) is -0.617. The van der Waals surface area contributed by atoms with Gasteiger partial charge in [0, 0.05) is 0 Å². The van der Waals surface area contributed by atoms with Crippen molar-refractivity contribution in [1.82, 2.24) is 0 Å². The summed E-state index contributed by atoms with van der Waals surface area (Å²) in [7, 11) is 0. The van der Waals surface area contributed by atoms with Gasteiger partial charge in [0.25, 0.3) is 5.91 Å². The van der Waals surface area contributed by atoms with Crippen molar-refractivity contribution in [3.05, 3.63) is 71.8 Å². The summed E-state index contributed by atoms with van der Waals surface area (Å²) in [5, 5.41) is 11.4. The molecule has 0 bridgehead atoms. The van der Waals surface area contributed by atoms with Crippen LogP contribution in [0.25, 0.3) is 10.8 Å². The first-order chi connectivity index (χ1) is 12.5. The maximum atomic E-state index is 12.8. The van der Waals surface area contributed by atoms with E-state index in [-0.39, 0.29) is 11.5 Å². The summed E-state index contributed by atoms with van der Waals surface area (Å²) in [4.78, 5) is 25.7. The van der Waals surface area contributed by atoms with Gasteiger partial charge in [-0.1, -0.05) is 42.5 Å². The molecule has 1 heterocycles. The minimum atomic E-state index is -1.04. The molecule has 1 N–H and O–H groups in total. The van der Waals surface area contributed by atoms with Gasteiger partial charge in [-0.05, 0) is 41.5 Å². The van der Waals surface area contributed by atoms with E-state index in [9.17, 15) is 14.7 Å². The Balaban J connectivity index is 1.81. The second-order valence-corrected chi connectivity index (χ2v) is 6.31. The van der Waals surface area contributed by atoms with Crippen molar-refractivity contribution < 1.29 is 19.4 Å². The van der Waals surface area contributed by atoms with Crippen molar-refractivity contribution in [2.24, 2.45) is 0 Å². The molecule has 0 aliphatic carbocycles. The predicted octanol–water partition coefficient (Wildman–Crippen LogP) is 3.85. The summed E-state index contributed by atoms with van der Waals surface area (Å²) in [6, 6.07) is 18.5. The lowest BCUT2D eigenvalue weighted by Crippen LogP contribution is -2.44. The fourth-order valence-electron chi connectivity index (χ4n) is 3.30. The number of rotatable bonds is 3. The van der Waals surface area contributed by atoms with E-state index in [1.165, 1.54) is 12.1 Å². The van der Waals surface area contributed by atoms with Crippen molar-refractivity contribution in [3.8, 4) is 5.75 Å². The summed E-state index contributed by atoms with van der Waals surface area (Å²) in [5.41, 5.74) is 1.61. The zero-order valence-corrected chi connectivity index (χ0v) is 14.2. The van der Waals surface area contributed by atoms with Gasteiger partial charge in [-0.15, -0.1) is 0 Å². The monoisotopic (exact) mass is 347 g/mol. The van der Waals surface area contributed by atoms with Crippen LogP contribution >= 0.6 is 0 Å². The van der Waals surface area contributed by atoms with Crippen LogP contribution in [0.5, 0.6) is 5.75 Å². The zero-order chi connectivity index (χ0) is 18.3. The van der Waals surface area contributed by atoms with E-state index in [4.69, 9.17) is 4.74 Å². The molecule has 1 unspecified atom stereocenters. The number of anilines is 1. The Labute approximate surface area is 150 Å². The number of nitrogens with zero attached hydrogens (tertiary/aromatic N) is 1. The largest absolute Gasteiger partial charge is 0.479 e. The number of hydrogen-bond acceptors (Lipinski definition) is 3. The van der Waals surface area contributed by atoms with Crippen molar-refractivity contribution in [2.45, 2.75) is 19.6 Å². The van der Waals surface area contributed by atoms with E-state index in [2.05, 4.69) is 0 Å². The third kappa shape index (κ3) is 2.67. The van der Waals surface area contributed by atoms with E-state index in [1.54, 1.807) is 17.9 Å². The van der Waals surface area contributed by atoms with E-state index < -0.39 is 12.1 Å². The molecule has 0 saturated heterocycles. The standard InChI is InChI=1S/C21H17NO4/c1-13-20(23)22(18-11-15(21(24)25)9-10-19(18)26-13)12-16-7-4-6-14-5-2-3-8-17(14)16/h2-11,13H,12H2,1H3,(H,24,25). The van der Waals surface area contributed by atoms with Crippen LogP contribution in [-0.4, -0.2) is 23.1 Å². The Morgan fingerprint density at radius 3 is 2.69 bits per heavy atom. The normalized spacial score (nSPS) is 16.3. The summed E-state index contributed by atoms with van der Waals surface area (Å²) >= 11 is 0. The molecule has 1 aliphatic heterocycles.